The third kappa shape index (κ3) is 2.79. The van der Waals surface area contributed by atoms with E-state index in [1.54, 1.807) is 23.0 Å². The molecule has 2 fully saturated rings. The highest BCUT2D eigenvalue weighted by molar-refractivity contribution is 7.89. The number of nitrogens with one attached hydrogen (secondary N) is 1. The molecular formula is C14H25ClN4O2S. The molecule has 0 amide bonds. The lowest BCUT2D eigenvalue weighted by Gasteiger charge is -2.33. The van der Waals surface area contributed by atoms with Gasteiger partial charge in [-0.3, -0.25) is 4.68 Å². The third-order valence-corrected chi connectivity index (χ3v) is 7.21. The second kappa shape index (κ2) is 6.11. The molecule has 2 saturated heterocycles. The maximum absolute atomic E-state index is 13.0. The molecular weight excluding hydrogens is 324 g/mol. The van der Waals surface area contributed by atoms with E-state index in [1.807, 2.05) is 6.92 Å². The van der Waals surface area contributed by atoms with Crippen molar-refractivity contribution >= 4 is 22.4 Å². The van der Waals surface area contributed by atoms with E-state index in [2.05, 4.69) is 10.4 Å². The van der Waals surface area contributed by atoms with Gasteiger partial charge in [0.15, 0.2) is 0 Å². The van der Waals surface area contributed by atoms with Crippen molar-refractivity contribution in [2.75, 3.05) is 26.2 Å². The number of aryl methyl sites for hydroxylation is 2. The standard InChI is InChI=1S/C14H24N4O2S.ClH/c1-11-13(12(2)17(3)16-11)21(19,20)18-9-6-14(10-18)4-7-15-8-5-14;/h15H,4-10H2,1-3H3;1H. The zero-order valence-electron chi connectivity index (χ0n) is 13.4. The molecule has 22 heavy (non-hydrogen) atoms. The van der Waals surface area contributed by atoms with Crippen molar-refractivity contribution in [2.45, 2.75) is 38.0 Å². The fraction of sp³-hybridized carbons (Fsp3) is 0.786. The lowest BCUT2D eigenvalue weighted by Crippen LogP contribution is -2.39. The number of sulfonamides is 1. The van der Waals surface area contributed by atoms with Gasteiger partial charge in [0.05, 0.1) is 11.4 Å². The maximum Gasteiger partial charge on any atom is 0.246 e. The summed E-state index contributed by atoms with van der Waals surface area (Å²) in [6.45, 7) is 6.89. The number of piperidine rings is 1. The number of rotatable bonds is 2. The van der Waals surface area contributed by atoms with Gasteiger partial charge in [-0.15, -0.1) is 12.4 Å². The molecule has 3 heterocycles. The lowest BCUT2D eigenvalue weighted by atomic mass is 9.78. The van der Waals surface area contributed by atoms with Crippen LogP contribution in [0.25, 0.3) is 0 Å². The van der Waals surface area contributed by atoms with Gasteiger partial charge in [0.25, 0.3) is 0 Å². The monoisotopic (exact) mass is 348 g/mol. The Hall–Kier alpha value is -0.630. The largest absolute Gasteiger partial charge is 0.317 e. The molecule has 2 aliphatic heterocycles. The molecule has 0 aliphatic carbocycles. The Morgan fingerprint density at radius 1 is 1.18 bits per heavy atom. The fourth-order valence-electron chi connectivity index (χ4n) is 3.72. The van der Waals surface area contributed by atoms with Crippen LogP contribution in [0.5, 0.6) is 0 Å². The van der Waals surface area contributed by atoms with Crippen LogP contribution < -0.4 is 5.32 Å². The van der Waals surface area contributed by atoms with Crippen LogP contribution in [0.1, 0.15) is 30.7 Å². The van der Waals surface area contributed by atoms with Crippen LogP contribution in [-0.2, 0) is 17.1 Å². The van der Waals surface area contributed by atoms with Crippen molar-refractivity contribution in [3.05, 3.63) is 11.4 Å². The van der Waals surface area contributed by atoms with Gasteiger partial charge in [0.2, 0.25) is 10.0 Å². The summed E-state index contributed by atoms with van der Waals surface area (Å²) in [4.78, 5) is 0.399. The molecule has 0 unspecified atom stereocenters. The number of nitrogens with zero attached hydrogens (tertiary/aromatic N) is 3. The van der Waals surface area contributed by atoms with Crippen LogP contribution in [0.3, 0.4) is 0 Å². The molecule has 0 bridgehead atoms. The highest BCUT2D eigenvalue weighted by Crippen LogP contribution is 2.41. The molecule has 1 aromatic rings. The molecule has 6 nitrogen and oxygen atoms in total. The van der Waals surface area contributed by atoms with Crippen molar-refractivity contribution in [1.82, 2.24) is 19.4 Å². The molecule has 0 atom stereocenters. The minimum absolute atomic E-state index is 0. The highest BCUT2D eigenvalue weighted by atomic mass is 35.5. The summed E-state index contributed by atoms with van der Waals surface area (Å²) in [5.41, 5.74) is 1.50. The minimum Gasteiger partial charge on any atom is -0.317 e. The second-order valence-electron chi connectivity index (χ2n) is 6.46. The highest BCUT2D eigenvalue weighted by Gasteiger charge is 2.44. The molecule has 0 aromatic carbocycles. The van der Waals surface area contributed by atoms with Gasteiger partial charge in [0, 0.05) is 20.1 Å². The Bertz CT molecular complexity index is 650. The third-order valence-electron chi connectivity index (χ3n) is 5.11. The van der Waals surface area contributed by atoms with E-state index < -0.39 is 10.0 Å². The molecule has 3 rings (SSSR count). The maximum atomic E-state index is 13.0. The van der Waals surface area contributed by atoms with Gasteiger partial charge in [0.1, 0.15) is 4.90 Å². The predicted octanol–water partition coefficient (Wildman–Crippen LogP) is 1.22. The van der Waals surface area contributed by atoms with Gasteiger partial charge in [-0.25, -0.2) is 8.42 Å². The van der Waals surface area contributed by atoms with Gasteiger partial charge < -0.3 is 5.32 Å². The Morgan fingerprint density at radius 2 is 1.82 bits per heavy atom. The SMILES string of the molecule is Cc1nn(C)c(C)c1S(=O)(=O)N1CCC2(CCNCC2)C1.Cl. The van der Waals surface area contributed by atoms with Gasteiger partial charge in [-0.1, -0.05) is 0 Å². The van der Waals surface area contributed by atoms with E-state index in [0.29, 0.717) is 23.7 Å². The normalized spacial score (nSPS) is 22.0. The summed E-state index contributed by atoms with van der Waals surface area (Å²) in [7, 11) is -1.63. The zero-order valence-corrected chi connectivity index (χ0v) is 15.1. The van der Waals surface area contributed by atoms with Crippen LogP contribution in [0, 0.1) is 19.3 Å². The average Bonchev–Trinajstić information content (AvgIpc) is 2.94. The van der Waals surface area contributed by atoms with Crippen molar-refractivity contribution in [1.29, 1.82) is 0 Å². The first-order valence-corrected chi connectivity index (χ1v) is 9.01. The van der Waals surface area contributed by atoms with E-state index in [0.717, 1.165) is 38.0 Å². The summed E-state index contributed by atoms with van der Waals surface area (Å²) >= 11 is 0. The summed E-state index contributed by atoms with van der Waals surface area (Å²) < 4.78 is 29.3. The molecule has 0 saturated carbocycles. The summed E-state index contributed by atoms with van der Waals surface area (Å²) in [6.07, 6.45) is 3.13. The van der Waals surface area contributed by atoms with Crippen LogP contribution in [0.2, 0.25) is 0 Å². The van der Waals surface area contributed by atoms with Crippen LogP contribution in [0.15, 0.2) is 4.90 Å². The molecule has 1 aromatic heterocycles. The van der Waals surface area contributed by atoms with Crippen molar-refractivity contribution in [3.8, 4) is 0 Å². The van der Waals surface area contributed by atoms with Crippen LogP contribution in [-0.4, -0.2) is 48.7 Å². The summed E-state index contributed by atoms with van der Waals surface area (Å²) in [6, 6.07) is 0. The Balaban J connectivity index is 0.00000176. The van der Waals surface area contributed by atoms with E-state index in [4.69, 9.17) is 0 Å². The van der Waals surface area contributed by atoms with Gasteiger partial charge >= 0.3 is 0 Å². The number of hydrogen-bond donors (Lipinski definition) is 1. The van der Waals surface area contributed by atoms with Crippen LogP contribution >= 0.6 is 12.4 Å². The van der Waals surface area contributed by atoms with Gasteiger partial charge in [-0.05, 0) is 51.6 Å². The Morgan fingerprint density at radius 3 is 2.36 bits per heavy atom. The average molecular weight is 349 g/mol. The first kappa shape index (κ1) is 17.7. The van der Waals surface area contributed by atoms with E-state index in [9.17, 15) is 8.42 Å². The number of hydrogen-bond acceptors (Lipinski definition) is 4. The first-order chi connectivity index (χ1) is 9.86. The van der Waals surface area contributed by atoms with E-state index in [1.165, 1.54) is 0 Å². The van der Waals surface area contributed by atoms with Crippen LogP contribution in [0.4, 0.5) is 0 Å². The predicted molar refractivity (Wildman–Crippen MR) is 87.8 cm³/mol. The van der Waals surface area contributed by atoms with Crippen molar-refractivity contribution in [3.63, 3.8) is 0 Å². The molecule has 2 aliphatic rings. The first-order valence-electron chi connectivity index (χ1n) is 7.57. The smallest absolute Gasteiger partial charge is 0.246 e. The lowest BCUT2D eigenvalue weighted by molar-refractivity contribution is 0.218. The Labute approximate surface area is 138 Å². The fourth-order valence-corrected chi connectivity index (χ4v) is 5.67. The summed E-state index contributed by atoms with van der Waals surface area (Å²) in [5, 5.41) is 7.61. The van der Waals surface area contributed by atoms with Crippen molar-refractivity contribution in [2.24, 2.45) is 12.5 Å². The second-order valence-corrected chi connectivity index (χ2v) is 8.34. The molecule has 8 heteroatoms. The minimum atomic E-state index is -3.42. The quantitative estimate of drug-likeness (QED) is 0.872. The molecule has 1 spiro atoms. The molecule has 0 radical (unpaired) electrons. The van der Waals surface area contributed by atoms with Crippen molar-refractivity contribution < 1.29 is 8.42 Å². The summed E-state index contributed by atoms with van der Waals surface area (Å²) in [5.74, 6) is 0. The molecule has 1 N–H and O–H groups in total. The topological polar surface area (TPSA) is 67.2 Å². The number of halogens is 1. The van der Waals surface area contributed by atoms with Gasteiger partial charge in [-0.2, -0.15) is 9.40 Å². The van der Waals surface area contributed by atoms with E-state index >= 15 is 0 Å². The van der Waals surface area contributed by atoms with E-state index in [-0.39, 0.29) is 17.8 Å². The zero-order chi connectivity index (χ0) is 15.3. The Kier molecular flexibility index (Phi) is 4.92. The number of aromatic nitrogens is 2. The molecule has 126 valence electrons.